The van der Waals surface area contributed by atoms with Gasteiger partial charge < -0.3 is 10.5 Å². The fraction of sp³-hybridized carbons (Fsp3) is 0.0769. The summed E-state index contributed by atoms with van der Waals surface area (Å²) in [5.74, 6) is -6.79. The molecule has 0 aliphatic heterocycles. The van der Waals surface area contributed by atoms with Crippen molar-refractivity contribution in [1.29, 1.82) is 5.26 Å². The van der Waals surface area contributed by atoms with Crippen molar-refractivity contribution in [1.82, 2.24) is 0 Å². The van der Waals surface area contributed by atoms with E-state index in [1.807, 2.05) is 60.7 Å². The lowest BCUT2D eigenvalue weighted by atomic mass is 10.1. The third-order valence-corrected chi connectivity index (χ3v) is 5.65. The first-order chi connectivity index (χ1) is 18.5. The molecule has 40 heavy (non-hydrogen) atoms. The summed E-state index contributed by atoms with van der Waals surface area (Å²) < 4.78 is 71.8. The van der Waals surface area contributed by atoms with Gasteiger partial charge in [-0.2, -0.15) is 31.6 Å². The quantitative estimate of drug-likeness (QED) is 0.127. The van der Waals surface area contributed by atoms with Crippen LogP contribution in [0.5, 0.6) is 0 Å². The Bertz CT molecular complexity index is 1590. The van der Waals surface area contributed by atoms with Crippen molar-refractivity contribution in [3.8, 4) is 6.07 Å². The summed E-state index contributed by atoms with van der Waals surface area (Å²) in [6.45, 7) is 0. The number of carbonyl (C=O) groups is 3. The lowest BCUT2D eigenvalue weighted by Crippen LogP contribution is -2.34. The fourth-order valence-electron chi connectivity index (χ4n) is 2.86. The minimum Gasteiger partial charge on any atom is -0.380 e. The number of nitrogens with zero attached hydrogens (tertiary/aromatic N) is 1. The van der Waals surface area contributed by atoms with Crippen molar-refractivity contribution >= 4 is 71.3 Å². The minimum absolute atomic E-state index is 0.394. The molecule has 0 saturated carbocycles. The SMILES string of the molecule is N#Cc1ccc2cc(Br)ccc2c1.NC(=O)c1ccc2cc(Br)ccc2c1.O=C(OC(=O)C(F)(F)F)C(F)(F)F. The van der Waals surface area contributed by atoms with Gasteiger partial charge in [-0.3, -0.25) is 4.79 Å². The lowest BCUT2D eigenvalue weighted by molar-refractivity contribution is -0.221. The predicted octanol–water partition coefficient (Wildman–Crippen LogP) is 7.36. The summed E-state index contributed by atoms with van der Waals surface area (Å²) in [6, 6.07) is 25.1. The maximum absolute atomic E-state index is 11.2. The van der Waals surface area contributed by atoms with Crippen LogP contribution in [0.4, 0.5) is 26.3 Å². The first-order valence-corrected chi connectivity index (χ1v) is 12.1. The van der Waals surface area contributed by atoms with Crippen LogP contribution in [0.1, 0.15) is 15.9 Å². The Hall–Kier alpha value is -3.96. The Balaban J connectivity index is 0.000000210. The highest BCUT2D eigenvalue weighted by Gasteiger charge is 2.49. The molecule has 0 spiro atoms. The van der Waals surface area contributed by atoms with Crippen LogP contribution >= 0.6 is 31.9 Å². The van der Waals surface area contributed by atoms with Crippen LogP contribution in [0.3, 0.4) is 0 Å². The number of halogens is 8. The van der Waals surface area contributed by atoms with Gasteiger partial charge in [-0.25, -0.2) is 9.59 Å². The van der Waals surface area contributed by atoms with Crippen LogP contribution in [0.25, 0.3) is 21.5 Å². The maximum atomic E-state index is 11.2. The highest BCUT2D eigenvalue weighted by molar-refractivity contribution is 9.10. The van der Waals surface area contributed by atoms with Crippen LogP contribution in [0.15, 0.2) is 81.7 Å². The van der Waals surface area contributed by atoms with E-state index in [9.17, 15) is 40.7 Å². The van der Waals surface area contributed by atoms with Crippen LogP contribution < -0.4 is 5.73 Å². The van der Waals surface area contributed by atoms with Gasteiger partial charge in [0.2, 0.25) is 5.91 Å². The fourth-order valence-corrected chi connectivity index (χ4v) is 3.61. The standard InChI is InChI=1S/C11H8BrNO.C11H6BrN.C4F6O3/c12-10-4-3-7-5-9(11(13)14)2-1-8(7)6-10;12-11-4-3-9-5-8(7-13)1-2-10(9)6-11;5-3(6,7)1(11)13-2(12)4(8,9)10/h1-6H,(H2,13,14);1-6H;. The number of ether oxygens (including phenoxy) is 1. The zero-order chi connectivity index (χ0) is 30.3. The van der Waals surface area contributed by atoms with Gasteiger partial charge in [0.25, 0.3) is 0 Å². The smallest absolute Gasteiger partial charge is 0.380 e. The molecule has 4 rings (SSSR count). The van der Waals surface area contributed by atoms with Gasteiger partial charge in [0.1, 0.15) is 0 Å². The van der Waals surface area contributed by atoms with E-state index in [0.29, 0.717) is 11.1 Å². The molecule has 0 heterocycles. The second-order valence-electron chi connectivity index (χ2n) is 7.56. The average Bonchev–Trinajstić information content (AvgIpc) is 2.87. The van der Waals surface area contributed by atoms with Gasteiger partial charge in [-0.05, 0) is 70.1 Å². The van der Waals surface area contributed by atoms with Gasteiger partial charge in [0, 0.05) is 14.5 Å². The molecule has 0 aliphatic rings. The summed E-state index contributed by atoms with van der Waals surface area (Å²) in [6.07, 6.45) is -11.2. The molecule has 0 atom stereocenters. The summed E-state index contributed by atoms with van der Waals surface area (Å²) >= 11 is 6.79. The van der Waals surface area contributed by atoms with Crippen molar-refractivity contribution in [3.05, 3.63) is 92.9 Å². The minimum atomic E-state index is -5.62. The molecule has 0 aromatic heterocycles. The van der Waals surface area contributed by atoms with Crippen molar-refractivity contribution in [3.63, 3.8) is 0 Å². The molecule has 14 heteroatoms. The van der Waals surface area contributed by atoms with Gasteiger partial charge >= 0.3 is 24.3 Å². The Morgan fingerprint density at radius 2 is 1.07 bits per heavy atom. The Morgan fingerprint density at radius 3 is 1.50 bits per heavy atom. The lowest BCUT2D eigenvalue weighted by Gasteiger charge is -2.06. The maximum Gasteiger partial charge on any atom is 0.491 e. The molecule has 208 valence electrons. The molecule has 0 fully saturated rings. The molecule has 2 N–H and O–H groups in total. The van der Waals surface area contributed by atoms with Crippen molar-refractivity contribution in [2.45, 2.75) is 12.4 Å². The number of hydrogen-bond donors (Lipinski definition) is 1. The Kier molecular flexibility index (Phi) is 10.8. The third kappa shape index (κ3) is 9.65. The van der Waals surface area contributed by atoms with Crippen LogP contribution in [0, 0.1) is 11.3 Å². The number of esters is 2. The average molecular weight is 692 g/mol. The highest BCUT2D eigenvalue weighted by Crippen LogP contribution is 2.23. The molecule has 0 aliphatic carbocycles. The van der Waals surface area contributed by atoms with E-state index in [0.717, 1.165) is 30.5 Å². The molecule has 0 radical (unpaired) electrons. The normalized spacial score (nSPS) is 10.9. The number of carbonyl (C=O) groups excluding carboxylic acids is 3. The monoisotopic (exact) mass is 690 g/mol. The summed E-state index contributed by atoms with van der Waals surface area (Å²) in [5.41, 5.74) is 6.43. The molecule has 0 bridgehead atoms. The van der Waals surface area contributed by atoms with E-state index in [2.05, 4.69) is 42.7 Å². The number of hydrogen-bond acceptors (Lipinski definition) is 5. The van der Waals surface area contributed by atoms with E-state index < -0.39 is 30.2 Å². The van der Waals surface area contributed by atoms with Crippen molar-refractivity contribution in [2.75, 3.05) is 0 Å². The largest absolute Gasteiger partial charge is 0.491 e. The van der Waals surface area contributed by atoms with E-state index in [1.54, 1.807) is 12.1 Å². The zero-order valence-electron chi connectivity index (χ0n) is 19.6. The van der Waals surface area contributed by atoms with Crippen molar-refractivity contribution in [2.24, 2.45) is 5.73 Å². The second-order valence-corrected chi connectivity index (χ2v) is 9.39. The van der Waals surface area contributed by atoms with Crippen LogP contribution in [-0.4, -0.2) is 30.2 Å². The number of rotatable bonds is 1. The van der Waals surface area contributed by atoms with Gasteiger partial charge in [0.05, 0.1) is 11.6 Å². The Labute approximate surface area is 238 Å². The molecular formula is C26H14Br2F6N2O4. The van der Waals surface area contributed by atoms with E-state index in [4.69, 9.17) is 11.0 Å². The number of amides is 1. The van der Waals surface area contributed by atoms with Gasteiger partial charge in [-0.15, -0.1) is 0 Å². The Morgan fingerprint density at radius 1 is 0.675 bits per heavy atom. The topological polar surface area (TPSA) is 110 Å². The molecule has 6 nitrogen and oxygen atoms in total. The molecular weight excluding hydrogens is 678 g/mol. The number of nitriles is 1. The molecule has 4 aromatic rings. The highest BCUT2D eigenvalue weighted by atomic mass is 79.9. The van der Waals surface area contributed by atoms with E-state index in [1.165, 1.54) is 0 Å². The molecule has 4 aromatic carbocycles. The summed E-state index contributed by atoms with van der Waals surface area (Å²) in [7, 11) is 0. The van der Waals surface area contributed by atoms with Crippen LogP contribution in [-0.2, 0) is 14.3 Å². The number of benzene rings is 4. The van der Waals surface area contributed by atoms with E-state index in [-0.39, 0.29) is 0 Å². The summed E-state index contributed by atoms with van der Waals surface area (Å²) in [4.78, 5) is 30.2. The van der Waals surface area contributed by atoms with Gasteiger partial charge in [0.15, 0.2) is 0 Å². The summed E-state index contributed by atoms with van der Waals surface area (Å²) in [5, 5.41) is 13.0. The van der Waals surface area contributed by atoms with Crippen molar-refractivity contribution < 1.29 is 45.5 Å². The number of fused-ring (bicyclic) bond motifs is 2. The third-order valence-electron chi connectivity index (χ3n) is 4.67. The molecule has 0 unspecified atom stereocenters. The first-order valence-electron chi connectivity index (χ1n) is 10.5. The molecule has 0 saturated heterocycles. The number of nitrogens with two attached hydrogens (primary N) is 1. The van der Waals surface area contributed by atoms with Gasteiger partial charge in [-0.1, -0.05) is 56.1 Å². The van der Waals surface area contributed by atoms with E-state index >= 15 is 0 Å². The first kappa shape index (κ1) is 32.3. The zero-order valence-corrected chi connectivity index (χ0v) is 22.8. The predicted molar refractivity (Wildman–Crippen MR) is 140 cm³/mol. The molecule has 1 amide bonds. The van der Waals surface area contributed by atoms with Crippen LogP contribution in [0.2, 0.25) is 0 Å². The number of primary amides is 1. The number of alkyl halides is 6. The second kappa shape index (κ2) is 13.4.